The molecule has 0 aromatic rings. The maximum absolute atomic E-state index is 5.44. The second-order valence-electron chi connectivity index (χ2n) is 4.91. The molecule has 0 spiro atoms. The van der Waals surface area contributed by atoms with Gasteiger partial charge in [0, 0.05) is 18.0 Å². The first-order valence-electron chi connectivity index (χ1n) is 6.96. The highest BCUT2D eigenvalue weighted by molar-refractivity contribution is 9.09. The van der Waals surface area contributed by atoms with Crippen LogP contribution in [-0.2, 0) is 9.47 Å². The van der Waals surface area contributed by atoms with Crippen molar-refractivity contribution < 1.29 is 9.47 Å². The van der Waals surface area contributed by atoms with Crippen LogP contribution in [0.25, 0.3) is 0 Å². The molecule has 0 fully saturated rings. The molecule has 17 heavy (non-hydrogen) atoms. The number of halogens is 1. The van der Waals surface area contributed by atoms with Crippen LogP contribution >= 0.6 is 15.9 Å². The van der Waals surface area contributed by atoms with Gasteiger partial charge in [0.1, 0.15) is 6.79 Å². The smallest absolute Gasteiger partial charge is 0.146 e. The molecular weight excluding hydrogens is 280 g/mol. The highest BCUT2D eigenvalue weighted by Crippen LogP contribution is 2.16. The SMILES string of the molecule is CCCCCOCOCCCC(C)CC(C)Br. The van der Waals surface area contributed by atoms with E-state index in [4.69, 9.17) is 9.47 Å². The van der Waals surface area contributed by atoms with Gasteiger partial charge in [0.25, 0.3) is 0 Å². The molecule has 0 saturated carbocycles. The highest BCUT2D eigenvalue weighted by atomic mass is 79.9. The summed E-state index contributed by atoms with van der Waals surface area (Å²) in [6.07, 6.45) is 7.27. The third kappa shape index (κ3) is 14.3. The number of hydrogen-bond donors (Lipinski definition) is 0. The zero-order valence-corrected chi connectivity index (χ0v) is 13.3. The molecule has 2 nitrogen and oxygen atoms in total. The first-order chi connectivity index (χ1) is 8.16. The minimum Gasteiger partial charge on any atom is -0.355 e. The van der Waals surface area contributed by atoms with Gasteiger partial charge in [0.05, 0.1) is 0 Å². The van der Waals surface area contributed by atoms with Gasteiger partial charge in [0.2, 0.25) is 0 Å². The molecule has 3 heteroatoms. The number of alkyl halides is 1. The van der Waals surface area contributed by atoms with Crippen molar-refractivity contribution in [2.45, 2.75) is 64.1 Å². The zero-order chi connectivity index (χ0) is 12.9. The van der Waals surface area contributed by atoms with Gasteiger partial charge in [-0.1, -0.05) is 49.5 Å². The molecule has 0 amide bonds. The summed E-state index contributed by atoms with van der Waals surface area (Å²) in [6.45, 7) is 8.84. The molecule has 0 bridgehead atoms. The zero-order valence-electron chi connectivity index (χ0n) is 11.7. The highest BCUT2D eigenvalue weighted by Gasteiger charge is 2.05. The summed E-state index contributed by atoms with van der Waals surface area (Å²) in [5, 5.41) is 0. The van der Waals surface area contributed by atoms with E-state index in [2.05, 4.69) is 36.7 Å². The lowest BCUT2D eigenvalue weighted by Gasteiger charge is -2.12. The van der Waals surface area contributed by atoms with Gasteiger partial charge in [-0.15, -0.1) is 0 Å². The standard InChI is InChI=1S/C14H29BrO2/c1-4-5-6-9-16-12-17-10-7-8-13(2)11-14(3)15/h13-14H,4-12H2,1-3H3. The fourth-order valence-electron chi connectivity index (χ4n) is 1.84. The van der Waals surface area contributed by atoms with E-state index in [1.54, 1.807) is 0 Å². The molecule has 0 aromatic carbocycles. The normalized spacial score (nSPS) is 14.8. The van der Waals surface area contributed by atoms with Gasteiger partial charge in [-0.2, -0.15) is 0 Å². The Bertz CT molecular complexity index is 151. The van der Waals surface area contributed by atoms with E-state index in [9.17, 15) is 0 Å². The Balaban J connectivity index is 3.07. The van der Waals surface area contributed by atoms with Gasteiger partial charge in [-0.3, -0.25) is 0 Å². The van der Waals surface area contributed by atoms with E-state index in [0.29, 0.717) is 11.6 Å². The molecule has 0 heterocycles. The lowest BCUT2D eigenvalue weighted by Crippen LogP contribution is -2.06. The van der Waals surface area contributed by atoms with Crippen LogP contribution in [0.15, 0.2) is 0 Å². The van der Waals surface area contributed by atoms with Crippen molar-refractivity contribution in [3.63, 3.8) is 0 Å². The summed E-state index contributed by atoms with van der Waals surface area (Å²) >= 11 is 3.59. The molecule has 0 N–H and O–H groups in total. The van der Waals surface area contributed by atoms with Crippen LogP contribution in [0.1, 0.15) is 59.3 Å². The van der Waals surface area contributed by atoms with Crippen molar-refractivity contribution >= 4 is 15.9 Å². The molecule has 0 aromatic heterocycles. The van der Waals surface area contributed by atoms with Crippen LogP contribution in [0.3, 0.4) is 0 Å². The molecule has 0 saturated heterocycles. The Morgan fingerprint density at radius 2 is 1.65 bits per heavy atom. The molecule has 0 aliphatic carbocycles. The van der Waals surface area contributed by atoms with E-state index >= 15 is 0 Å². The minimum atomic E-state index is 0.465. The van der Waals surface area contributed by atoms with Crippen molar-refractivity contribution in [2.24, 2.45) is 5.92 Å². The largest absolute Gasteiger partial charge is 0.355 e. The summed E-state index contributed by atoms with van der Waals surface area (Å²) in [6, 6.07) is 0. The van der Waals surface area contributed by atoms with Gasteiger partial charge in [-0.25, -0.2) is 0 Å². The number of ether oxygens (including phenoxy) is 2. The lowest BCUT2D eigenvalue weighted by molar-refractivity contribution is -0.0560. The van der Waals surface area contributed by atoms with Crippen molar-refractivity contribution in [3.05, 3.63) is 0 Å². The maximum atomic E-state index is 5.44. The monoisotopic (exact) mass is 308 g/mol. The number of unbranched alkanes of at least 4 members (excludes halogenated alkanes) is 2. The molecule has 2 unspecified atom stereocenters. The Labute approximate surface area is 116 Å². The van der Waals surface area contributed by atoms with Crippen molar-refractivity contribution in [1.29, 1.82) is 0 Å². The van der Waals surface area contributed by atoms with Crippen LogP contribution in [0.2, 0.25) is 0 Å². The summed E-state index contributed by atoms with van der Waals surface area (Å²) in [7, 11) is 0. The van der Waals surface area contributed by atoms with Crippen LogP contribution in [-0.4, -0.2) is 24.8 Å². The Hall–Kier alpha value is 0.400. The van der Waals surface area contributed by atoms with E-state index in [1.165, 1.54) is 25.7 Å². The predicted molar refractivity (Wildman–Crippen MR) is 77.7 cm³/mol. The number of hydrogen-bond acceptors (Lipinski definition) is 2. The predicted octanol–water partition coefficient (Wildman–Crippen LogP) is 4.76. The topological polar surface area (TPSA) is 18.5 Å². The molecule has 0 radical (unpaired) electrons. The van der Waals surface area contributed by atoms with E-state index < -0.39 is 0 Å². The average Bonchev–Trinajstić information content (AvgIpc) is 2.26. The minimum absolute atomic E-state index is 0.465. The maximum Gasteiger partial charge on any atom is 0.146 e. The van der Waals surface area contributed by atoms with Gasteiger partial charge >= 0.3 is 0 Å². The van der Waals surface area contributed by atoms with E-state index in [1.807, 2.05) is 0 Å². The van der Waals surface area contributed by atoms with Crippen LogP contribution < -0.4 is 0 Å². The molecule has 2 atom stereocenters. The molecule has 0 aliphatic rings. The molecule has 0 rings (SSSR count). The second kappa shape index (κ2) is 12.8. The Morgan fingerprint density at radius 1 is 1.00 bits per heavy atom. The second-order valence-corrected chi connectivity index (χ2v) is 6.47. The quantitative estimate of drug-likeness (QED) is 0.294. The van der Waals surface area contributed by atoms with Crippen molar-refractivity contribution in [3.8, 4) is 0 Å². The molecule has 104 valence electrons. The van der Waals surface area contributed by atoms with Crippen LogP contribution in [0.5, 0.6) is 0 Å². The molecular formula is C14H29BrO2. The summed E-state index contributed by atoms with van der Waals surface area (Å²) in [5.41, 5.74) is 0. The summed E-state index contributed by atoms with van der Waals surface area (Å²) in [4.78, 5) is 0.625. The van der Waals surface area contributed by atoms with Gasteiger partial charge in [0.15, 0.2) is 0 Å². The lowest BCUT2D eigenvalue weighted by atomic mass is 10.0. The van der Waals surface area contributed by atoms with Gasteiger partial charge in [-0.05, 0) is 31.6 Å². The summed E-state index contributed by atoms with van der Waals surface area (Å²) < 4.78 is 10.8. The third-order valence-corrected chi connectivity index (χ3v) is 3.15. The fraction of sp³-hybridized carbons (Fsp3) is 1.00. The molecule has 0 aliphatic heterocycles. The first-order valence-corrected chi connectivity index (χ1v) is 7.88. The van der Waals surface area contributed by atoms with Crippen molar-refractivity contribution in [2.75, 3.05) is 20.0 Å². The van der Waals surface area contributed by atoms with Crippen LogP contribution in [0.4, 0.5) is 0 Å². The average molecular weight is 309 g/mol. The Kier molecular flexibility index (Phi) is 13.1. The summed E-state index contributed by atoms with van der Waals surface area (Å²) in [5.74, 6) is 0.776. The first kappa shape index (κ1) is 17.4. The van der Waals surface area contributed by atoms with Gasteiger partial charge < -0.3 is 9.47 Å². The third-order valence-electron chi connectivity index (χ3n) is 2.77. The van der Waals surface area contributed by atoms with Crippen molar-refractivity contribution in [1.82, 2.24) is 0 Å². The van der Waals surface area contributed by atoms with Crippen LogP contribution in [0, 0.1) is 5.92 Å². The Morgan fingerprint density at radius 3 is 2.24 bits per heavy atom. The number of rotatable bonds is 12. The van der Waals surface area contributed by atoms with E-state index in [0.717, 1.165) is 32.0 Å². The van der Waals surface area contributed by atoms with E-state index in [-0.39, 0.29) is 0 Å². The fourth-order valence-corrected chi connectivity index (χ4v) is 2.48.